The topological polar surface area (TPSA) is 63.3 Å². The number of nitrogens with zero attached hydrogens (tertiary/aromatic N) is 1. The van der Waals surface area contributed by atoms with E-state index in [1.54, 1.807) is 11.3 Å². The van der Waals surface area contributed by atoms with Crippen LogP contribution in [0.4, 0.5) is 0 Å². The molecule has 6 aromatic rings. The van der Waals surface area contributed by atoms with Crippen molar-refractivity contribution in [1.29, 1.82) is 0 Å². The van der Waals surface area contributed by atoms with Crippen LogP contribution in [0.25, 0.3) is 53.9 Å². The second-order valence-electron chi connectivity index (χ2n) is 9.57. The maximum atomic E-state index is 10.0. The summed E-state index contributed by atoms with van der Waals surface area (Å²) in [5.74, 6) is -0.0625. The Hall–Kier alpha value is -3.57. The Labute approximate surface area is 245 Å². The minimum Gasteiger partial charge on any atom is -0.512 e. The second-order valence-corrected chi connectivity index (χ2v) is 10.6. The standard InChI is InChI=1S/C28H20NOS.C5H8O2.Ir/c1-16-13-17(2)26(18(3)14-16)25-15-19-11-12-23(29-28(19)31-25)22-9-6-8-21-20-7-4-5-10-24(20)30-27(21)22;1-4(6)3-5(2)7;/h4-8,10-15H,1-3H3;3,6H,1-2H3;/q-1;;/b;4-3-;. The number of thiophene rings is 1. The van der Waals surface area contributed by atoms with Gasteiger partial charge in [-0.05, 0) is 69.1 Å². The van der Waals surface area contributed by atoms with Gasteiger partial charge in [0.25, 0.3) is 0 Å². The third kappa shape index (κ3) is 5.89. The number of aliphatic hydroxyl groups excluding tert-OH is 1. The van der Waals surface area contributed by atoms with Crippen LogP contribution < -0.4 is 0 Å². The van der Waals surface area contributed by atoms with Crippen LogP contribution in [0.15, 0.2) is 83.0 Å². The van der Waals surface area contributed by atoms with Gasteiger partial charge in [-0.25, -0.2) is 0 Å². The number of para-hydroxylation sites is 1. The molecule has 3 aromatic carbocycles. The van der Waals surface area contributed by atoms with E-state index in [2.05, 4.69) is 69.3 Å². The summed E-state index contributed by atoms with van der Waals surface area (Å²) in [4.78, 5) is 17.3. The van der Waals surface area contributed by atoms with Gasteiger partial charge in [-0.1, -0.05) is 59.0 Å². The zero-order chi connectivity index (χ0) is 27.0. The first-order valence-electron chi connectivity index (χ1n) is 12.4. The van der Waals surface area contributed by atoms with Gasteiger partial charge >= 0.3 is 0 Å². The zero-order valence-corrected chi connectivity index (χ0v) is 25.6. The molecule has 199 valence electrons. The first-order chi connectivity index (χ1) is 18.2. The van der Waals surface area contributed by atoms with Crippen molar-refractivity contribution in [1.82, 2.24) is 4.98 Å². The minimum atomic E-state index is -0.125. The summed E-state index contributed by atoms with van der Waals surface area (Å²) in [6, 6.07) is 26.5. The molecule has 0 unspecified atom stereocenters. The van der Waals surface area contributed by atoms with E-state index in [9.17, 15) is 4.79 Å². The fraction of sp³-hybridized carbons (Fsp3) is 0.152. The van der Waals surface area contributed by atoms with E-state index in [1.807, 2.05) is 24.3 Å². The minimum absolute atomic E-state index is 0. The Bertz CT molecular complexity index is 1830. The molecule has 0 spiro atoms. The van der Waals surface area contributed by atoms with E-state index < -0.39 is 0 Å². The van der Waals surface area contributed by atoms with Gasteiger partial charge in [0.2, 0.25) is 0 Å². The van der Waals surface area contributed by atoms with Gasteiger partial charge in [0, 0.05) is 41.8 Å². The first kappa shape index (κ1) is 28.4. The van der Waals surface area contributed by atoms with Crippen molar-refractivity contribution >= 4 is 49.3 Å². The molecule has 0 saturated carbocycles. The maximum absolute atomic E-state index is 10.0. The number of hydrogen-bond acceptors (Lipinski definition) is 5. The molecule has 0 saturated heterocycles. The summed E-state index contributed by atoms with van der Waals surface area (Å²) in [7, 11) is 0. The number of carbonyl (C=O) groups excluding carboxylic acids is 1. The summed E-state index contributed by atoms with van der Waals surface area (Å²) < 4.78 is 6.20. The van der Waals surface area contributed by atoms with E-state index in [4.69, 9.17) is 14.5 Å². The predicted molar refractivity (Wildman–Crippen MR) is 158 cm³/mol. The van der Waals surface area contributed by atoms with E-state index >= 15 is 0 Å². The van der Waals surface area contributed by atoms with Crippen molar-refractivity contribution in [3.8, 4) is 21.7 Å². The van der Waals surface area contributed by atoms with Crippen LogP contribution in [-0.4, -0.2) is 15.9 Å². The van der Waals surface area contributed by atoms with Crippen molar-refractivity contribution in [2.75, 3.05) is 0 Å². The summed E-state index contributed by atoms with van der Waals surface area (Å²) in [5.41, 5.74) is 8.78. The molecule has 4 nitrogen and oxygen atoms in total. The Balaban J connectivity index is 0.000000394. The number of hydrogen-bond donors (Lipinski definition) is 1. The van der Waals surface area contributed by atoms with Crippen molar-refractivity contribution in [2.45, 2.75) is 34.6 Å². The number of aromatic nitrogens is 1. The number of rotatable bonds is 3. The smallest absolute Gasteiger partial charge is 0.155 e. The molecule has 1 radical (unpaired) electrons. The van der Waals surface area contributed by atoms with Crippen LogP contribution in [0, 0.1) is 26.8 Å². The van der Waals surface area contributed by atoms with Crippen LogP contribution >= 0.6 is 11.3 Å². The van der Waals surface area contributed by atoms with Gasteiger partial charge < -0.3 is 9.52 Å². The Morgan fingerprint density at radius 3 is 2.36 bits per heavy atom. The van der Waals surface area contributed by atoms with Gasteiger partial charge in [0.05, 0.1) is 11.3 Å². The number of ketones is 1. The Morgan fingerprint density at radius 1 is 0.974 bits per heavy atom. The number of pyridine rings is 1. The predicted octanol–water partition coefficient (Wildman–Crippen LogP) is 9.29. The monoisotopic (exact) mass is 711 g/mol. The van der Waals surface area contributed by atoms with Crippen LogP contribution in [0.5, 0.6) is 0 Å². The average Bonchev–Trinajstić information content (AvgIpc) is 3.43. The first-order valence-corrected chi connectivity index (χ1v) is 13.2. The van der Waals surface area contributed by atoms with Gasteiger partial charge in [-0.2, -0.15) is 0 Å². The number of carbonyl (C=O) groups is 1. The van der Waals surface area contributed by atoms with Crippen molar-refractivity contribution < 1.29 is 34.4 Å². The molecule has 39 heavy (non-hydrogen) atoms. The summed E-state index contributed by atoms with van der Waals surface area (Å²) in [6.45, 7) is 9.38. The van der Waals surface area contributed by atoms with Crippen molar-refractivity contribution in [2.24, 2.45) is 0 Å². The van der Waals surface area contributed by atoms with E-state index in [-0.39, 0.29) is 31.6 Å². The van der Waals surface area contributed by atoms with Crippen LogP contribution in [0.3, 0.4) is 0 Å². The van der Waals surface area contributed by atoms with Crippen LogP contribution in [-0.2, 0) is 24.9 Å². The zero-order valence-electron chi connectivity index (χ0n) is 22.4. The number of benzene rings is 3. The van der Waals surface area contributed by atoms with Gasteiger partial charge in [-0.3, -0.25) is 9.78 Å². The largest absolute Gasteiger partial charge is 0.512 e. The normalized spacial score (nSPS) is 11.4. The van der Waals surface area contributed by atoms with Gasteiger partial charge in [0.1, 0.15) is 10.4 Å². The Morgan fingerprint density at radius 2 is 1.69 bits per heavy atom. The SMILES string of the molecule is CC(=O)/C=C(/C)O.Cc1cc(C)c(-c2cc3ccc(-c4[c-]ccc5c4oc4ccccc45)nc3s2)c(C)c1.[Ir]. The molecule has 0 aliphatic rings. The third-order valence-electron chi connectivity index (χ3n) is 6.31. The molecule has 0 fully saturated rings. The average molecular weight is 711 g/mol. The molecule has 6 heteroatoms. The number of furan rings is 1. The fourth-order valence-electron chi connectivity index (χ4n) is 4.92. The number of allylic oxidation sites excluding steroid dienone is 2. The molecule has 0 aliphatic carbocycles. The molecular formula is C33H28IrNO3S-. The van der Waals surface area contributed by atoms with Gasteiger partial charge in [-0.15, -0.1) is 29.5 Å². The molecule has 3 aromatic heterocycles. The van der Waals surface area contributed by atoms with Crippen molar-refractivity contribution in [3.63, 3.8) is 0 Å². The van der Waals surface area contributed by atoms with Crippen LogP contribution in [0.2, 0.25) is 0 Å². The van der Waals surface area contributed by atoms with E-state index in [1.165, 1.54) is 52.4 Å². The van der Waals surface area contributed by atoms with Gasteiger partial charge in [0.15, 0.2) is 5.78 Å². The van der Waals surface area contributed by atoms with E-state index in [0.29, 0.717) is 0 Å². The second kappa shape index (κ2) is 11.7. The molecule has 0 amide bonds. The quantitative estimate of drug-likeness (QED) is 0.113. The number of fused-ring (bicyclic) bond motifs is 4. The maximum Gasteiger partial charge on any atom is 0.155 e. The molecule has 6 rings (SSSR count). The van der Waals surface area contributed by atoms with E-state index in [0.717, 1.165) is 38.0 Å². The summed E-state index contributed by atoms with van der Waals surface area (Å²) in [5, 5.41) is 11.8. The molecule has 3 heterocycles. The number of aryl methyl sites for hydroxylation is 3. The van der Waals surface area contributed by atoms with Crippen molar-refractivity contribution in [3.05, 3.63) is 101 Å². The Kier molecular flexibility index (Phi) is 8.51. The molecule has 0 aliphatic heterocycles. The molecule has 1 N–H and O–H groups in total. The third-order valence-corrected chi connectivity index (χ3v) is 7.38. The number of aliphatic hydroxyl groups is 1. The molecular weight excluding hydrogens is 683 g/mol. The molecule has 0 bridgehead atoms. The van der Waals surface area contributed by atoms with Crippen LogP contribution in [0.1, 0.15) is 30.5 Å². The molecule has 0 atom stereocenters. The fourth-order valence-corrected chi connectivity index (χ4v) is 6.13. The summed E-state index contributed by atoms with van der Waals surface area (Å²) >= 11 is 1.75. The summed E-state index contributed by atoms with van der Waals surface area (Å²) in [6.07, 6.45) is 1.17.